The van der Waals surface area contributed by atoms with Crippen LogP contribution in [-0.4, -0.2) is 63.9 Å². The molecule has 0 saturated carbocycles. The molecule has 7 heteroatoms. The standard InChI is InChI=1S/C21H29N5O2/c1-5-25(6-2)21(28)24-17-9-11-26(12-10-17)20(27)16-7-8-18-19(13-16)23-15(4)14(3)22-18/h7-8,13,17H,5-6,9-12H2,1-4H3,(H,24,28). The Morgan fingerprint density at radius 1 is 1.07 bits per heavy atom. The quantitative estimate of drug-likeness (QED) is 0.880. The maximum atomic E-state index is 12.9. The fourth-order valence-corrected chi connectivity index (χ4v) is 3.55. The van der Waals surface area contributed by atoms with Crippen molar-refractivity contribution in [3.05, 3.63) is 35.2 Å². The van der Waals surface area contributed by atoms with Crippen molar-refractivity contribution in [2.24, 2.45) is 0 Å². The Hall–Kier alpha value is -2.70. The third kappa shape index (κ3) is 4.24. The van der Waals surface area contributed by atoms with Crippen molar-refractivity contribution in [1.29, 1.82) is 0 Å². The summed E-state index contributed by atoms with van der Waals surface area (Å²) in [4.78, 5) is 37.8. The number of nitrogens with one attached hydrogen (secondary N) is 1. The number of nitrogens with zero attached hydrogens (tertiary/aromatic N) is 4. The Kier molecular flexibility index (Phi) is 6.11. The Labute approximate surface area is 166 Å². The molecule has 0 atom stereocenters. The lowest BCUT2D eigenvalue weighted by Crippen LogP contribution is -2.50. The number of urea groups is 1. The van der Waals surface area contributed by atoms with Crippen molar-refractivity contribution in [1.82, 2.24) is 25.1 Å². The molecule has 28 heavy (non-hydrogen) atoms. The summed E-state index contributed by atoms with van der Waals surface area (Å²) in [6.45, 7) is 10.5. The molecule has 150 valence electrons. The first-order valence-electron chi connectivity index (χ1n) is 10.0. The highest BCUT2D eigenvalue weighted by molar-refractivity contribution is 5.97. The summed E-state index contributed by atoms with van der Waals surface area (Å²) in [7, 11) is 0. The number of carbonyl (C=O) groups is 2. The third-order valence-corrected chi connectivity index (χ3v) is 5.48. The molecule has 1 saturated heterocycles. The number of carbonyl (C=O) groups excluding carboxylic acids is 2. The van der Waals surface area contributed by atoms with Gasteiger partial charge < -0.3 is 15.1 Å². The van der Waals surface area contributed by atoms with E-state index in [1.807, 2.05) is 50.8 Å². The Morgan fingerprint density at radius 3 is 2.29 bits per heavy atom. The van der Waals surface area contributed by atoms with Crippen LogP contribution in [0.3, 0.4) is 0 Å². The van der Waals surface area contributed by atoms with Crippen LogP contribution >= 0.6 is 0 Å². The number of benzene rings is 1. The summed E-state index contributed by atoms with van der Waals surface area (Å²) >= 11 is 0. The van der Waals surface area contributed by atoms with Crippen LogP contribution < -0.4 is 5.32 Å². The Bertz CT molecular complexity index is 870. The van der Waals surface area contributed by atoms with Crippen molar-refractivity contribution in [3.63, 3.8) is 0 Å². The molecule has 3 amide bonds. The lowest BCUT2D eigenvalue weighted by molar-refractivity contribution is 0.0707. The van der Waals surface area contributed by atoms with Gasteiger partial charge in [0.25, 0.3) is 5.91 Å². The molecule has 1 aromatic carbocycles. The van der Waals surface area contributed by atoms with Crippen molar-refractivity contribution in [3.8, 4) is 0 Å². The highest BCUT2D eigenvalue weighted by atomic mass is 16.2. The number of amides is 3. The lowest BCUT2D eigenvalue weighted by atomic mass is 10.0. The first-order valence-corrected chi connectivity index (χ1v) is 10.0. The van der Waals surface area contributed by atoms with Crippen LogP contribution in [0.5, 0.6) is 0 Å². The molecule has 1 fully saturated rings. The summed E-state index contributed by atoms with van der Waals surface area (Å²) in [6.07, 6.45) is 1.54. The predicted molar refractivity (Wildman–Crippen MR) is 109 cm³/mol. The molecule has 0 bridgehead atoms. The maximum Gasteiger partial charge on any atom is 0.317 e. The van der Waals surface area contributed by atoms with Crippen LogP contribution in [0.1, 0.15) is 48.4 Å². The highest BCUT2D eigenvalue weighted by Crippen LogP contribution is 2.18. The monoisotopic (exact) mass is 383 g/mol. The fraction of sp³-hybridized carbons (Fsp3) is 0.524. The topological polar surface area (TPSA) is 78.4 Å². The highest BCUT2D eigenvalue weighted by Gasteiger charge is 2.25. The van der Waals surface area contributed by atoms with E-state index in [4.69, 9.17) is 0 Å². The first-order chi connectivity index (χ1) is 13.4. The molecule has 7 nitrogen and oxygen atoms in total. The minimum Gasteiger partial charge on any atom is -0.338 e. The number of likely N-dealkylation sites (tertiary alicyclic amines) is 1. The van der Waals surface area contributed by atoms with Gasteiger partial charge in [-0.1, -0.05) is 0 Å². The minimum atomic E-state index is -0.0199. The van der Waals surface area contributed by atoms with E-state index in [0.717, 1.165) is 35.3 Å². The third-order valence-electron chi connectivity index (χ3n) is 5.48. The van der Waals surface area contributed by atoms with Gasteiger partial charge in [0.1, 0.15) is 0 Å². The van der Waals surface area contributed by atoms with Crippen LogP contribution in [-0.2, 0) is 0 Å². The van der Waals surface area contributed by atoms with Crippen LogP contribution in [0, 0.1) is 13.8 Å². The lowest BCUT2D eigenvalue weighted by Gasteiger charge is -2.33. The summed E-state index contributed by atoms with van der Waals surface area (Å²) in [5.74, 6) is 0.00967. The molecule has 1 N–H and O–H groups in total. The van der Waals surface area contributed by atoms with Gasteiger partial charge in [0.05, 0.1) is 22.4 Å². The zero-order valence-electron chi connectivity index (χ0n) is 17.2. The molecule has 1 aliphatic rings. The number of hydrogen-bond donors (Lipinski definition) is 1. The van der Waals surface area contributed by atoms with Gasteiger partial charge in [0, 0.05) is 37.8 Å². The van der Waals surface area contributed by atoms with Crippen LogP contribution in [0.2, 0.25) is 0 Å². The number of rotatable bonds is 4. The van der Waals surface area contributed by atoms with Crippen molar-refractivity contribution in [2.45, 2.75) is 46.6 Å². The SMILES string of the molecule is CCN(CC)C(=O)NC1CCN(C(=O)c2ccc3nc(C)c(C)nc3c2)CC1. The van der Waals surface area contributed by atoms with E-state index >= 15 is 0 Å². The molecule has 0 unspecified atom stereocenters. The zero-order valence-corrected chi connectivity index (χ0v) is 17.2. The number of aromatic nitrogens is 2. The molecule has 3 rings (SSSR count). The van der Waals surface area contributed by atoms with Gasteiger partial charge in [-0.2, -0.15) is 0 Å². The van der Waals surface area contributed by atoms with Crippen LogP contribution in [0.25, 0.3) is 11.0 Å². The first kappa shape index (κ1) is 20.0. The second kappa shape index (κ2) is 8.54. The van der Waals surface area contributed by atoms with E-state index in [2.05, 4.69) is 15.3 Å². The molecule has 0 aliphatic carbocycles. The van der Waals surface area contributed by atoms with E-state index in [0.29, 0.717) is 31.7 Å². The fourth-order valence-electron chi connectivity index (χ4n) is 3.55. The number of aryl methyl sites for hydroxylation is 2. The van der Waals surface area contributed by atoms with E-state index in [9.17, 15) is 9.59 Å². The molecule has 2 heterocycles. The van der Waals surface area contributed by atoms with Gasteiger partial charge in [-0.05, 0) is 58.7 Å². The largest absolute Gasteiger partial charge is 0.338 e. The number of piperidine rings is 1. The Morgan fingerprint density at radius 2 is 1.68 bits per heavy atom. The van der Waals surface area contributed by atoms with Gasteiger partial charge in [-0.25, -0.2) is 14.8 Å². The second-order valence-corrected chi connectivity index (χ2v) is 7.29. The Balaban J connectivity index is 1.63. The molecule has 1 aliphatic heterocycles. The van der Waals surface area contributed by atoms with Crippen LogP contribution in [0.4, 0.5) is 4.79 Å². The van der Waals surface area contributed by atoms with Crippen LogP contribution in [0.15, 0.2) is 18.2 Å². The molecule has 1 aromatic heterocycles. The molecular formula is C21H29N5O2. The van der Waals surface area contributed by atoms with E-state index < -0.39 is 0 Å². The molecule has 0 radical (unpaired) electrons. The normalized spacial score (nSPS) is 14.9. The summed E-state index contributed by atoms with van der Waals surface area (Å²) in [5.41, 5.74) is 3.96. The van der Waals surface area contributed by atoms with Gasteiger partial charge in [0.15, 0.2) is 0 Å². The molecular weight excluding hydrogens is 354 g/mol. The van der Waals surface area contributed by atoms with Crippen molar-refractivity contribution in [2.75, 3.05) is 26.2 Å². The van der Waals surface area contributed by atoms with E-state index in [1.54, 1.807) is 4.90 Å². The van der Waals surface area contributed by atoms with Gasteiger partial charge in [-0.3, -0.25) is 4.79 Å². The maximum absolute atomic E-state index is 12.9. The summed E-state index contributed by atoms with van der Waals surface area (Å²) in [6, 6.07) is 5.60. The predicted octanol–water partition coefficient (Wildman–Crippen LogP) is 2.90. The molecule has 2 aromatic rings. The summed E-state index contributed by atoms with van der Waals surface area (Å²) < 4.78 is 0. The van der Waals surface area contributed by atoms with E-state index in [-0.39, 0.29) is 18.0 Å². The molecule has 0 spiro atoms. The smallest absolute Gasteiger partial charge is 0.317 e. The zero-order chi connectivity index (χ0) is 20.3. The van der Waals surface area contributed by atoms with Crippen molar-refractivity contribution < 1.29 is 9.59 Å². The average Bonchev–Trinajstić information content (AvgIpc) is 2.69. The number of hydrogen-bond acceptors (Lipinski definition) is 4. The average molecular weight is 383 g/mol. The van der Waals surface area contributed by atoms with Crippen molar-refractivity contribution >= 4 is 23.0 Å². The minimum absolute atomic E-state index is 0.00967. The van der Waals surface area contributed by atoms with E-state index in [1.165, 1.54) is 0 Å². The van der Waals surface area contributed by atoms with Gasteiger partial charge in [-0.15, -0.1) is 0 Å². The second-order valence-electron chi connectivity index (χ2n) is 7.29. The number of fused-ring (bicyclic) bond motifs is 1. The summed E-state index contributed by atoms with van der Waals surface area (Å²) in [5, 5.41) is 3.09. The van der Waals surface area contributed by atoms with Gasteiger partial charge >= 0.3 is 6.03 Å². The van der Waals surface area contributed by atoms with Gasteiger partial charge in [0.2, 0.25) is 0 Å².